The lowest BCUT2D eigenvalue weighted by molar-refractivity contribution is -0.136. The van der Waals surface area contributed by atoms with Gasteiger partial charge < -0.3 is 25.0 Å². The van der Waals surface area contributed by atoms with E-state index in [9.17, 15) is 24.0 Å². The molecule has 0 aliphatic carbocycles. The van der Waals surface area contributed by atoms with Crippen molar-refractivity contribution in [1.82, 2.24) is 10.2 Å². The summed E-state index contributed by atoms with van der Waals surface area (Å²) in [5.74, 6) is -2.58. The molecule has 0 aliphatic heterocycles. The van der Waals surface area contributed by atoms with Crippen LogP contribution in [-0.4, -0.2) is 59.2 Å². The third-order valence-electron chi connectivity index (χ3n) is 5.13. The second kappa shape index (κ2) is 14.4. The molecule has 8 nitrogen and oxygen atoms in total. The molecule has 0 aliphatic rings. The first-order valence-corrected chi connectivity index (χ1v) is 11.0. The van der Waals surface area contributed by atoms with E-state index in [0.717, 1.165) is 25.7 Å². The molecule has 0 bridgehead atoms. The average molecular weight is 449 g/mol. The van der Waals surface area contributed by atoms with Gasteiger partial charge in [0.1, 0.15) is 18.3 Å². The number of alkyl carbamates (subject to hydrolysis) is 1. The first-order chi connectivity index (χ1) is 15.2. The van der Waals surface area contributed by atoms with Crippen LogP contribution in [-0.2, 0) is 16.0 Å². The number of carbonyl (C=O) groups is 2. The van der Waals surface area contributed by atoms with E-state index in [2.05, 4.69) is 5.32 Å². The molecule has 32 heavy (non-hydrogen) atoms. The van der Waals surface area contributed by atoms with Crippen molar-refractivity contribution in [3.63, 3.8) is 0 Å². The summed E-state index contributed by atoms with van der Waals surface area (Å²) < 4.78 is 18.2. The number of benzene rings is 1. The fourth-order valence-corrected chi connectivity index (χ4v) is 3.43. The molecular formula is C22H33BFN3O5. The quantitative estimate of drug-likeness (QED) is 0.398. The van der Waals surface area contributed by atoms with Crippen molar-refractivity contribution in [2.75, 3.05) is 13.2 Å². The lowest BCUT2D eigenvalue weighted by Crippen LogP contribution is -2.49. The molecule has 0 saturated heterocycles. The van der Waals surface area contributed by atoms with Crippen molar-refractivity contribution in [2.45, 2.75) is 64.9 Å². The van der Waals surface area contributed by atoms with Gasteiger partial charge in [0.25, 0.3) is 0 Å². The predicted molar refractivity (Wildman–Crippen MR) is 119 cm³/mol. The maximum absolute atomic E-state index is 13.0. The highest BCUT2D eigenvalue weighted by molar-refractivity contribution is 6.43. The number of carbonyl (C=O) groups excluding carboxylic acids is 2. The second-order valence-electron chi connectivity index (χ2n) is 7.74. The van der Waals surface area contributed by atoms with E-state index in [4.69, 9.17) is 10.00 Å². The Kier molecular flexibility index (Phi) is 12.4. The van der Waals surface area contributed by atoms with Gasteiger partial charge >= 0.3 is 13.2 Å². The van der Waals surface area contributed by atoms with Crippen LogP contribution in [0.2, 0.25) is 0 Å². The smallest absolute Gasteiger partial charge is 0.448 e. The van der Waals surface area contributed by atoms with Crippen molar-refractivity contribution < 1.29 is 28.8 Å². The monoisotopic (exact) mass is 449 g/mol. The summed E-state index contributed by atoms with van der Waals surface area (Å²) in [6.07, 6.45) is 2.49. The van der Waals surface area contributed by atoms with Gasteiger partial charge in [0.2, 0.25) is 5.91 Å². The Morgan fingerprint density at radius 3 is 2.31 bits per heavy atom. The second-order valence-corrected chi connectivity index (χ2v) is 7.74. The van der Waals surface area contributed by atoms with Gasteiger partial charge in [0, 0.05) is 6.04 Å². The fourth-order valence-electron chi connectivity index (χ4n) is 3.43. The Bertz CT molecular complexity index is 751. The van der Waals surface area contributed by atoms with Crippen LogP contribution in [0, 0.1) is 23.1 Å². The minimum absolute atomic E-state index is 0.0505. The van der Waals surface area contributed by atoms with Crippen molar-refractivity contribution in [1.29, 1.82) is 5.26 Å². The number of nitrogens with zero attached hydrogens (tertiary/aromatic N) is 2. The van der Waals surface area contributed by atoms with Gasteiger partial charge in [-0.05, 0) is 43.9 Å². The minimum atomic E-state index is -1.85. The summed E-state index contributed by atoms with van der Waals surface area (Å²) in [7, 11) is -1.85. The number of nitrogens with one attached hydrogen (secondary N) is 1. The van der Waals surface area contributed by atoms with Crippen LogP contribution in [0.1, 0.15) is 52.0 Å². The molecule has 0 radical (unpaired) electrons. The normalized spacial score (nSPS) is 12.6. The molecule has 0 heterocycles. The Balaban J connectivity index is 2.71. The van der Waals surface area contributed by atoms with Gasteiger partial charge in [0.05, 0.1) is 18.6 Å². The van der Waals surface area contributed by atoms with Crippen LogP contribution < -0.4 is 5.32 Å². The standard InChI is InChI=1S/C22H33BFN3O5/c1-4-6-19(7-5-2)27(21(28)16(3)15-25)12-13-32-22(29)26-20(23(30)31)14-17-8-10-18(24)11-9-17/h8-11,16,19-20,30-31H,4-7,12-14H2,1-3H3,(H,26,29). The minimum Gasteiger partial charge on any atom is -0.448 e. The number of hydrogen-bond donors (Lipinski definition) is 3. The lowest BCUT2D eigenvalue weighted by atomic mass is 9.76. The Hall–Kier alpha value is -2.64. The zero-order valence-corrected chi connectivity index (χ0v) is 19.0. The van der Waals surface area contributed by atoms with E-state index >= 15 is 0 Å². The van der Waals surface area contributed by atoms with Crippen LogP contribution in [0.3, 0.4) is 0 Å². The predicted octanol–water partition coefficient (Wildman–Crippen LogP) is 2.43. The van der Waals surface area contributed by atoms with Gasteiger partial charge in [-0.1, -0.05) is 38.8 Å². The van der Waals surface area contributed by atoms with Crippen molar-refractivity contribution in [3.05, 3.63) is 35.6 Å². The maximum atomic E-state index is 13.0. The molecule has 0 fully saturated rings. The van der Waals surface area contributed by atoms with Crippen LogP contribution in [0.25, 0.3) is 0 Å². The summed E-state index contributed by atoms with van der Waals surface area (Å²) in [5.41, 5.74) is 0.606. The van der Waals surface area contributed by atoms with Gasteiger partial charge in [-0.25, -0.2) is 9.18 Å². The molecule has 1 aromatic carbocycles. The zero-order chi connectivity index (χ0) is 24.1. The lowest BCUT2D eigenvalue weighted by Gasteiger charge is -2.32. The number of ether oxygens (including phenoxy) is 1. The molecule has 3 N–H and O–H groups in total. The van der Waals surface area contributed by atoms with E-state index in [1.54, 1.807) is 11.8 Å². The fraction of sp³-hybridized carbons (Fsp3) is 0.591. The summed E-state index contributed by atoms with van der Waals surface area (Å²) in [4.78, 5) is 26.5. The number of amides is 2. The van der Waals surface area contributed by atoms with Crippen molar-refractivity contribution in [2.24, 2.45) is 5.92 Å². The van der Waals surface area contributed by atoms with Crippen LogP contribution >= 0.6 is 0 Å². The zero-order valence-electron chi connectivity index (χ0n) is 19.0. The molecule has 0 spiro atoms. The first kappa shape index (κ1) is 27.4. The molecule has 176 valence electrons. The maximum Gasteiger partial charge on any atom is 0.475 e. The summed E-state index contributed by atoms with van der Waals surface area (Å²) >= 11 is 0. The van der Waals surface area contributed by atoms with E-state index in [1.807, 2.05) is 19.9 Å². The van der Waals surface area contributed by atoms with Crippen LogP contribution in [0.5, 0.6) is 0 Å². The Morgan fingerprint density at radius 2 is 1.81 bits per heavy atom. The highest BCUT2D eigenvalue weighted by Gasteiger charge is 2.28. The highest BCUT2D eigenvalue weighted by atomic mass is 19.1. The number of hydrogen-bond acceptors (Lipinski definition) is 6. The topological polar surface area (TPSA) is 123 Å². The van der Waals surface area contributed by atoms with E-state index in [0.29, 0.717) is 5.56 Å². The summed E-state index contributed by atoms with van der Waals surface area (Å²) in [5, 5.41) is 30.7. The van der Waals surface area contributed by atoms with Crippen LogP contribution in [0.4, 0.5) is 9.18 Å². The van der Waals surface area contributed by atoms with E-state index in [1.165, 1.54) is 24.3 Å². The van der Waals surface area contributed by atoms with Gasteiger partial charge in [-0.3, -0.25) is 4.79 Å². The Labute approximate surface area is 189 Å². The van der Waals surface area contributed by atoms with Gasteiger partial charge in [-0.15, -0.1) is 0 Å². The average Bonchev–Trinajstić information content (AvgIpc) is 2.76. The molecule has 2 atom stereocenters. The molecular weight excluding hydrogens is 416 g/mol. The molecule has 2 amide bonds. The molecule has 10 heteroatoms. The SMILES string of the molecule is CCCC(CCC)N(CCOC(=O)NC(Cc1ccc(F)cc1)B(O)O)C(=O)C(C)C#N. The van der Waals surface area contributed by atoms with E-state index < -0.39 is 30.9 Å². The summed E-state index contributed by atoms with van der Waals surface area (Å²) in [6.45, 7) is 5.60. The van der Waals surface area contributed by atoms with Crippen molar-refractivity contribution in [3.8, 4) is 6.07 Å². The van der Waals surface area contributed by atoms with Crippen molar-refractivity contribution >= 4 is 19.1 Å². The number of rotatable bonds is 13. The molecule has 1 aromatic rings. The van der Waals surface area contributed by atoms with Crippen LogP contribution in [0.15, 0.2) is 24.3 Å². The van der Waals surface area contributed by atoms with Gasteiger partial charge in [0.15, 0.2) is 0 Å². The Morgan fingerprint density at radius 1 is 1.22 bits per heavy atom. The molecule has 2 unspecified atom stereocenters. The third kappa shape index (κ3) is 9.24. The largest absolute Gasteiger partial charge is 0.475 e. The first-order valence-electron chi connectivity index (χ1n) is 11.0. The van der Waals surface area contributed by atoms with Gasteiger partial charge in [-0.2, -0.15) is 5.26 Å². The number of nitriles is 1. The molecule has 0 aromatic heterocycles. The summed E-state index contributed by atoms with van der Waals surface area (Å²) in [6, 6.07) is 7.36. The third-order valence-corrected chi connectivity index (χ3v) is 5.13. The molecule has 0 saturated carbocycles. The van der Waals surface area contributed by atoms with E-state index in [-0.39, 0.29) is 31.5 Å². The highest BCUT2D eigenvalue weighted by Crippen LogP contribution is 2.16. The molecule has 1 rings (SSSR count). The number of halogens is 1.